The van der Waals surface area contributed by atoms with Gasteiger partial charge in [-0.25, -0.2) is 0 Å². The second-order valence-corrected chi connectivity index (χ2v) is 10.8. The molecule has 0 atom stereocenters. The first kappa shape index (κ1) is 26.3. The summed E-state index contributed by atoms with van der Waals surface area (Å²) in [5.74, 6) is 0. The van der Waals surface area contributed by atoms with Gasteiger partial charge in [-0.05, 0) is 104 Å². The molecule has 204 valence electrons. The van der Waals surface area contributed by atoms with E-state index in [-0.39, 0.29) is 0 Å². The third kappa shape index (κ3) is 6.02. The predicted octanol–water partition coefficient (Wildman–Crippen LogP) is 11.8. The van der Waals surface area contributed by atoms with E-state index in [9.17, 15) is 0 Å². The number of rotatable bonds is 7. The van der Waals surface area contributed by atoms with Gasteiger partial charge in [0.1, 0.15) is 0 Å². The van der Waals surface area contributed by atoms with E-state index >= 15 is 0 Å². The van der Waals surface area contributed by atoms with Gasteiger partial charge < -0.3 is 5.32 Å². The fourth-order valence-corrected chi connectivity index (χ4v) is 5.60. The van der Waals surface area contributed by atoms with Crippen LogP contribution in [0.1, 0.15) is 0 Å². The minimum Gasteiger partial charge on any atom is -0.355 e. The smallest absolute Gasteiger partial charge is 0.0396 e. The van der Waals surface area contributed by atoms with Crippen molar-refractivity contribution < 1.29 is 0 Å². The van der Waals surface area contributed by atoms with Crippen LogP contribution in [0.4, 0.5) is 11.4 Å². The van der Waals surface area contributed by atoms with E-state index in [1.807, 2.05) is 0 Å². The van der Waals surface area contributed by atoms with E-state index in [0.29, 0.717) is 0 Å². The van der Waals surface area contributed by atoms with Crippen LogP contribution in [-0.4, -0.2) is 0 Å². The van der Waals surface area contributed by atoms with Gasteiger partial charge in [-0.3, -0.25) is 0 Å². The van der Waals surface area contributed by atoms with Crippen LogP contribution < -0.4 is 5.32 Å². The largest absolute Gasteiger partial charge is 0.355 e. The summed E-state index contributed by atoms with van der Waals surface area (Å²) in [5.41, 5.74) is 14.1. The second-order valence-electron chi connectivity index (χ2n) is 10.8. The number of anilines is 2. The van der Waals surface area contributed by atoms with Crippen molar-refractivity contribution in [3.63, 3.8) is 0 Å². The summed E-state index contributed by atoms with van der Waals surface area (Å²) in [5, 5.41) is 3.68. The quantitative estimate of drug-likeness (QED) is 0.208. The Bertz CT molecular complexity index is 1830. The van der Waals surface area contributed by atoms with Gasteiger partial charge in [0.25, 0.3) is 0 Å². The maximum absolute atomic E-state index is 3.68. The normalized spacial score (nSPS) is 10.8. The van der Waals surface area contributed by atoms with E-state index in [2.05, 4.69) is 187 Å². The van der Waals surface area contributed by atoms with Crippen molar-refractivity contribution in [2.75, 3.05) is 5.32 Å². The molecule has 7 aromatic rings. The Morgan fingerprint density at radius 2 is 0.488 bits per heavy atom. The average Bonchev–Trinajstić information content (AvgIpc) is 3.10. The molecular weight excluding hydrogens is 518 g/mol. The SMILES string of the molecule is c1ccc(-c2cc(Nc3ccc(-c4cc(-c5ccccc5)cc(-c5ccccc5)c4)cc3)cc(-c3ccccc3)c2)cc1. The Balaban J connectivity index is 1.23. The molecule has 0 amide bonds. The van der Waals surface area contributed by atoms with Crippen molar-refractivity contribution in [1.29, 1.82) is 0 Å². The number of hydrogen-bond acceptors (Lipinski definition) is 1. The molecule has 0 aliphatic heterocycles. The van der Waals surface area contributed by atoms with Crippen molar-refractivity contribution in [2.45, 2.75) is 0 Å². The molecule has 7 rings (SSSR count). The highest BCUT2D eigenvalue weighted by molar-refractivity contribution is 5.83. The molecule has 0 unspecified atom stereocenters. The van der Waals surface area contributed by atoms with Crippen molar-refractivity contribution >= 4 is 11.4 Å². The molecular formula is C42H31N. The summed E-state index contributed by atoms with van der Waals surface area (Å²) >= 11 is 0. The lowest BCUT2D eigenvalue weighted by atomic mass is 9.93. The fraction of sp³-hybridized carbons (Fsp3) is 0. The van der Waals surface area contributed by atoms with Crippen LogP contribution in [0.5, 0.6) is 0 Å². The van der Waals surface area contributed by atoms with Crippen molar-refractivity contribution in [2.24, 2.45) is 0 Å². The van der Waals surface area contributed by atoms with Crippen molar-refractivity contribution in [3.8, 4) is 55.6 Å². The Labute approximate surface area is 253 Å². The summed E-state index contributed by atoms with van der Waals surface area (Å²) in [6, 6.07) is 64.7. The Morgan fingerprint density at radius 1 is 0.209 bits per heavy atom. The summed E-state index contributed by atoms with van der Waals surface area (Å²) in [6.07, 6.45) is 0. The molecule has 1 N–H and O–H groups in total. The number of nitrogens with one attached hydrogen (secondary N) is 1. The summed E-state index contributed by atoms with van der Waals surface area (Å²) < 4.78 is 0. The highest BCUT2D eigenvalue weighted by atomic mass is 14.9. The Kier molecular flexibility index (Phi) is 7.36. The average molecular weight is 550 g/mol. The second kappa shape index (κ2) is 12.1. The molecule has 43 heavy (non-hydrogen) atoms. The number of hydrogen-bond donors (Lipinski definition) is 1. The van der Waals surface area contributed by atoms with Gasteiger partial charge in [0, 0.05) is 11.4 Å². The van der Waals surface area contributed by atoms with Crippen molar-refractivity contribution in [3.05, 3.63) is 182 Å². The molecule has 1 nitrogen and oxygen atoms in total. The van der Waals surface area contributed by atoms with E-state index < -0.39 is 0 Å². The minimum atomic E-state index is 1.05. The van der Waals surface area contributed by atoms with Crippen LogP contribution in [0.2, 0.25) is 0 Å². The van der Waals surface area contributed by atoms with Gasteiger partial charge in [-0.1, -0.05) is 133 Å². The summed E-state index contributed by atoms with van der Waals surface area (Å²) in [4.78, 5) is 0. The monoisotopic (exact) mass is 549 g/mol. The molecule has 0 radical (unpaired) electrons. The first-order valence-electron chi connectivity index (χ1n) is 14.7. The van der Waals surface area contributed by atoms with Crippen LogP contribution in [0, 0.1) is 0 Å². The molecule has 0 bridgehead atoms. The third-order valence-electron chi connectivity index (χ3n) is 7.80. The zero-order valence-electron chi connectivity index (χ0n) is 23.8. The van der Waals surface area contributed by atoms with E-state index in [0.717, 1.165) is 11.4 Å². The van der Waals surface area contributed by atoms with E-state index in [4.69, 9.17) is 0 Å². The van der Waals surface area contributed by atoms with Crippen LogP contribution in [0.3, 0.4) is 0 Å². The van der Waals surface area contributed by atoms with Crippen LogP contribution in [0.25, 0.3) is 55.6 Å². The van der Waals surface area contributed by atoms with Crippen molar-refractivity contribution in [1.82, 2.24) is 0 Å². The zero-order valence-corrected chi connectivity index (χ0v) is 23.8. The topological polar surface area (TPSA) is 12.0 Å². The van der Waals surface area contributed by atoms with Crippen LogP contribution >= 0.6 is 0 Å². The van der Waals surface area contributed by atoms with Crippen LogP contribution in [0.15, 0.2) is 182 Å². The van der Waals surface area contributed by atoms with Gasteiger partial charge in [0.05, 0.1) is 0 Å². The van der Waals surface area contributed by atoms with Gasteiger partial charge in [-0.2, -0.15) is 0 Å². The van der Waals surface area contributed by atoms with E-state index in [1.165, 1.54) is 55.6 Å². The maximum Gasteiger partial charge on any atom is 0.0396 e. The van der Waals surface area contributed by atoms with E-state index in [1.54, 1.807) is 0 Å². The molecule has 0 fully saturated rings. The van der Waals surface area contributed by atoms with Gasteiger partial charge in [0.2, 0.25) is 0 Å². The lowest BCUT2D eigenvalue weighted by Gasteiger charge is -2.14. The van der Waals surface area contributed by atoms with Gasteiger partial charge in [0.15, 0.2) is 0 Å². The molecule has 0 aliphatic carbocycles. The standard InChI is InChI=1S/C42H31N/c1-5-13-31(14-6-1)36-25-37(32-15-7-2-8-16-32)27-38(26-36)35-21-23-41(24-22-35)43-42-29-39(33-17-9-3-10-18-33)28-40(30-42)34-19-11-4-12-20-34/h1-30,43H. The molecule has 0 heterocycles. The Hall–Kier alpha value is -5.66. The summed E-state index contributed by atoms with van der Waals surface area (Å²) in [6.45, 7) is 0. The number of benzene rings is 7. The lowest BCUT2D eigenvalue weighted by Crippen LogP contribution is -1.93. The van der Waals surface area contributed by atoms with Crippen LogP contribution in [-0.2, 0) is 0 Å². The highest BCUT2D eigenvalue weighted by Crippen LogP contribution is 2.35. The zero-order chi connectivity index (χ0) is 28.8. The third-order valence-corrected chi connectivity index (χ3v) is 7.80. The lowest BCUT2D eigenvalue weighted by molar-refractivity contribution is 1.52. The Morgan fingerprint density at radius 3 is 0.814 bits per heavy atom. The first-order valence-corrected chi connectivity index (χ1v) is 14.7. The van der Waals surface area contributed by atoms with Gasteiger partial charge in [-0.15, -0.1) is 0 Å². The molecule has 1 heteroatoms. The predicted molar refractivity (Wildman–Crippen MR) is 183 cm³/mol. The summed E-state index contributed by atoms with van der Waals surface area (Å²) in [7, 11) is 0. The first-order chi connectivity index (χ1) is 21.3. The maximum atomic E-state index is 3.68. The molecule has 0 spiro atoms. The van der Waals surface area contributed by atoms with Gasteiger partial charge >= 0.3 is 0 Å². The molecule has 7 aromatic carbocycles. The molecule has 0 saturated carbocycles. The molecule has 0 aromatic heterocycles. The highest BCUT2D eigenvalue weighted by Gasteiger charge is 2.09. The fourth-order valence-electron chi connectivity index (χ4n) is 5.60. The minimum absolute atomic E-state index is 1.05. The molecule has 0 saturated heterocycles. The molecule has 0 aliphatic rings.